The minimum atomic E-state index is -3.52. The van der Waals surface area contributed by atoms with E-state index < -0.39 is 30.6 Å². The van der Waals surface area contributed by atoms with Gasteiger partial charge in [-0.15, -0.1) is 0 Å². The Kier molecular flexibility index (Phi) is 11.3. The summed E-state index contributed by atoms with van der Waals surface area (Å²) in [7, 11) is 0. The second-order valence-corrected chi connectivity index (χ2v) is 13.5. The van der Waals surface area contributed by atoms with Gasteiger partial charge in [0.15, 0.2) is 0 Å². The molecule has 1 N–H and O–H groups in total. The molecule has 38 heavy (non-hydrogen) atoms. The van der Waals surface area contributed by atoms with E-state index in [1.54, 1.807) is 6.26 Å². The normalized spacial score (nSPS) is 25.1. The molecule has 1 heterocycles. The van der Waals surface area contributed by atoms with Crippen molar-refractivity contribution < 1.29 is 28.4 Å². The summed E-state index contributed by atoms with van der Waals surface area (Å²) in [6.07, 6.45) is -0.274. The highest BCUT2D eigenvalue weighted by Crippen LogP contribution is 2.57. The van der Waals surface area contributed by atoms with Crippen molar-refractivity contribution in [3.63, 3.8) is 0 Å². The van der Waals surface area contributed by atoms with Crippen molar-refractivity contribution in [1.82, 2.24) is 0 Å². The first-order valence-electron chi connectivity index (χ1n) is 12.1. The number of thiocarbonyl (C=S) groups is 1. The molecule has 1 fully saturated rings. The molecule has 1 unspecified atom stereocenters. The van der Waals surface area contributed by atoms with E-state index in [-0.39, 0.29) is 17.6 Å². The van der Waals surface area contributed by atoms with Crippen LogP contribution in [0, 0.1) is 0 Å². The van der Waals surface area contributed by atoms with E-state index in [0.29, 0.717) is 13.2 Å². The molecule has 0 saturated carbocycles. The van der Waals surface area contributed by atoms with Crippen LogP contribution in [0.1, 0.15) is 16.7 Å². The molecule has 1 aliphatic rings. The molecule has 6 nitrogen and oxygen atoms in total. The summed E-state index contributed by atoms with van der Waals surface area (Å²) in [6.45, 7) is -2.40. The lowest BCUT2D eigenvalue weighted by atomic mass is 10.1. The standard InChI is InChI=1S/C28H31O6PS3/c1-38-28(36)33-27-26(32-19-23-15-9-4-10-16-23)25(31-18-22-13-7-3-8-14-22)24(34-35(27,29)37)20-30-17-21-11-5-2-6-12-21/h2-16,24-27H,17-20H2,1H3,(H,29,37)/t24-,25-,26+,27+,35?/m1/s1. The molecule has 10 heteroatoms. The fraction of sp³-hybridized carbons (Fsp3) is 0.321. The van der Waals surface area contributed by atoms with E-state index in [9.17, 15) is 4.89 Å². The molecule has 3 aromatic rings. The molecule has 0 radical (unpaired) electrons. The summed E-state index contributed by atoms with van der Waals surface area (Å²) in [5.41, 5.74) is 2.98. The van der Waals surface area contributed by atoms with Crippen LogP contribution in [-0.2, 0) is 55.1 Å². The van der Waals surface area contributed by atoms with Crippen molar-refractivity contribution in [3.8, 4) is 0 Å². The largest absolute Gasteiger partial charge is 0.462 e. The van der Waals surface area contributed by atoms with E-state index in [0.717, 1.165) is 16.7 Å². The third-order valence-electron chi connectivity index (χ3n) is 5.93. The van der Waals surface area contributed by atoms with E-state index in [1.165, 1.54) is 11.8 Å². The van der Waals surface area contributed by atoms with Crippen LogP contribution in [0.5, 0.6) is 0 Å². The van der Waals surface area contributed by atoms with Crippen molar-refractivity contribution in [1.29, 1.82) is 0 Å². The number of thioether (sulfide) groups is 1. The summed E-state index contributed by atoms with van der Waals surface area (Å²) in [5.74, 6) is -0.993. The van der Waals surface area contributed by atoms with Crippen LogP contribution in [0.3, 0.4) is 0 Å². The van der Waals surface area contributed by atoms with Crippen LogP contribution < -0.4 is 0 Å². The lowest BCUT2D eigenvalue weighted by molar-refractivity contribution is -0.173. The van der Waals surface area contributed by atoms with E-state index >= 15 is 0 Å². The number of benzene rings is 3. The molecular weight excluding hydrogens is 559 g/mol. The van der Waals surface area contributed by atoms with Gasteiger partial charge in [0, 0.05) is 0 Å². The SMILES string of the molecule is CSC(=S)O[C@@H]1[C@@H](OCc2ccccc2)[C@H](OCc2ccccc2)[C@@H](COCc2ccccc2)OP1(O)=S. The second kappa shape index (κ2) is 14.7. The highest BCUT2D eigenvalue weighted by Gasteiger charge is 2.52. The highest BCUT2D eigenvalue weighted by atomic mass is 32.5. The van der Waals surface area contributed by atoms with Gasteiger partial charge in [-0.3, -0.25) is 0 Å². The number of ether oxygens (including phenoxy) is 4. The average Bonchev–Trinajstić information content (AvgIpc) is 2.94. The van der Waals surface area contributed by atoms with Crippen LogP contribution in [0.4, 0.5) is 0 Å². The predicted molar refractivity (Wildman–Crippen MR) is 158 cm³/mol. The third kappa shape index (κ3) is 8.42. The highest BCUT2D eigenvalue weighted by molar-refractivity contribution is 8.22. The molecule has 0 bridgehead atoms. The Morgan fingerprint density at radius 3 is 1.79 bits per heavy atom. The monoisotopic (exact) mass is 590 g/mol. The van der Waals surface area contributed by atoms with Crippen molar-refractivity contribution in [3.05, 3.63) is 108 Å². The predicted octanol–water partition coefficient (Wildman–Crippen LogP) is 6.07. The average molecular weight is 591 g/mol. The zero-order chi connectivity index (χ0) is 26.8. The summed E-state index contributed by atoms with van der Waals surface area (Å²) in [6, 6.07) is 29.4. The van der Waals surface area contributed by atoms with Gasteiger partial charge in [0.2, 0.25) is 16.7 Å². The van der Waals surface area contributed by atoms with Gasteiger partial charge in [-0.05, 0) is 47.0 Å². The number of hydrogen-bond donors (Lipinski definition) is 1. The van der Waals surface area contributed by atoms with Gasteiger partial charge in [0.1, 0.15) is 18.3 Å². The summed E-state index contributed by atoms with van der Waals surface area (Å²) < 4.78 is 31.2. The molecule has 1 aliphatic heterocycles. The van der Waals surface area contributed by atoms with Gasteiger partial charge in [-0.2, -0.15) is 0 Å². The first kappa shape index (κ1) is 29.3. The second-order valence-electron chi connectivity index (χ2n) is 8.69. The molecule has 202 valence electrons. The van der Waals surface area contributed by atoms with Crippen molar-refractivity contribution in [2.75, 3.05) is 12.9 Å². The maximum atomic E-state index is 11.4. The third-order valence-corrected chi connectivity index (χ3v) is 9.45. The molecule has 0 spiro atoms. The summed E-state index contributed by atoms with van der Waals surface area (Å²) in [4.78, 5) is 11.4. The zero-order valence-corrected chi connectivity index (χ0v) is 24.3. The van der Waals surface area contributed by atoms with E-state index in [1.807, 2.05) is 91.0 Å². The van der Waals surface area contributed by atoms with Crippen LogP contribution in [0.25, 0.3) is 0 Å². The topological polar surface area (TPSA) is 66.4 Å². The van der Waals surface area contributed by atoms with Crippen LogP contribution in [0.15, 0.2) is 91.0 Å². The van der Waals surface area contributed by atoms with Crippen molar-refractivity contribution in [2.45, 2.75) is 44.0 Å². The summed E-state index contributed by atoms with van der Waals surface area (Å²) >= 11 is 12.2. The Bertz CT molecular complexity index is 1180. The zero-order valence-electron chi connectivity index (χ0n) is 21.0. The minimum absolute atomic E-state index is 0.151. The molecule has 0 amide bonds. The van der Waals surface area contributed by atoms with Gasteiger partial charge in [0.25, 0.3) is 0 Å². The van der Waals surface area contributed by atoms with E-state index in [4.69, 9.17) is 47.5 Å². The lowest BCUT2D eigenvalue weighted by Gasteiger charge is -2.45. The van der Waals surface area contributed by atoms with Crippen LogP contribution in [0.2, 0.25) is 0 Å². The first-order chi connectivity index (χ1) is 18.5. The molecule has 0 aliphatic carbocycles. The van der Waals surface area contributed by atoms with Gasteiger partial charge in [0.05, 0.1) is 26.4 Å². The van der Waals surface area contributed by atoms with Crippen LogP contribution >= 0.6 is 30.5 Å². The Morgan fingerprint density at radius 2 is 1.29 bits per heavy atom. The Labute approximate surface area is 238 Å². The molecule has 3 aromatic carbocycles. The fourth-order valence-corrected chi connectivity index (χ4v) is 6.88. The van der Waals surface area contributed by atoms with Gasteiger partial charge in [-0.1, -0.05) is 103 Å². The van der Waals surface area contributed by atoms with Crippen LogP contribution in [-0.4, -0.2) is 46.3 Å². The van der Waals surface area contributed by atoms with Gasteiger partial charge >= 0.3 is 0 Å². The number of rotatable bonds is 11. The minimum Gasteiger partial charge on any atom is -0.462 e. The first-order valence-corrected chi connectivity index (χ1v) is 16.5. The van der Waals surface area contributed by atoms with Crippen molar-refractivity contribution >= 4 is 46.7 Å². The molecule has 5 atom stereocenters. The molecule has 0 aromatic heterocycles. The lowest BCUT2D eigenvalue weighted by Crippen LogP contribution is -2.55. The van der Waals surface area contributed by atoms with Gasteiger partial charge in [-0.25, -0.2) is 0 Å². The Balaban J connectivity index is 1.59. The molecule has 1 saturated heterocycles. The Morgan fingerprint density at radius 1 is 0.816 bits per heavy atom. The van der Waals surface area contributed by atoms with Crippen molar-refractivity contribution in [2.24, 2.45) is 0 Å². The fourth-order valence-electron chi connectivity index (χ4n) is 4.06. The maximum Gasteiger partial charge on any atom is 0.230 e. The van der Waals surface area contributed by atoms with E-state index in [2.05, 4.69) is 0 Å². The van der Waals surface area contributed by atoms with Gasteiger partial charge < -0.3 is 28.4 Å². The number of hydrogen-bond acceptors (Lipinski definition) is 8. The smallest absolute Gasteiger partial charge is 0.230 e. The quantitative estimate of drug-likeness (QED) is 0.212. The molecule has 4 rings (SSSR count). The maximum absolute atomic E-state index is 11.4. The Hall–Kier alpha value is -1.65. The summed E-state index contributed by atoms with van der Waals surface area (Å²) in [5, 5.41) is 0. The molecular formula is C28H31O6PS3.